The zero-order valence-electron chi connectivity index (χ0n) is 7.83. The second-order valence-electron chi connectivity index (χ2n) is 3.34. The van der Waals surface area contributed by atoms with Gasteiger partial charge >= 0.3 is 0 Å². The van der Waals surface area contributed by atoms with Crippen molar-refractivity contribution in [3.63, 3.8) is 0 Å². The molecule has 14 heavy (non-hydrogen) atoms. The molecule has 0 unspecified atom stereocenters. The summed E-state index contributed by atoms with van der Waals surface area (Å²) in [6.07, 6.45) is 1.71. The molecule has 74 valence electrons. The number of fused-ring (bicyclic) bond motifs is 1. The molecule has 5 heteroatoms. The molecule has 2 rings (SSSR count). The second kappa shape index (κ2) is 3.51. The minimum atomic E-state index is 0.293. The summed E-state index contributed by atoms with van der Waals surface area (Å²) in [5, 5.41) is 0.509. The molecular weight excluding hydrogens is 265 g/mol. The lowest BCUT2D eigenvalue weighted by Gasteiger charge is -2.08. The molecule has 0 aromatic carbocycles. The van der Waals surface area contributed by atoms with Gasteiger partial charge in [-0.25, -0.2) is 9.97 Å². The molecule has 0 aliphatic rings. The van der Waals surface area contributed by atoms with E-state index in [0.29, 0.717) is 11.3 Å². The molecule has 2 heterocycles. The molecule has 3 nitrogen and oxygen atoms in total. The van der Waals surface area contributed by atoms with E-state index < -0.39 is 0 Å². The molecule has 2 aromatic rings. The summed E-state index contributed by atoms with van der Waals surface area (Å²) in [6, 6.07) is 2.22. The van der Waals surface area contributed by atoms with Crippen LogP contribution in [0.3, 0.4) is 0 Å². The molecule has 0 spiro atoms. The van der Waals surface area contributed by atoms with Crippen molar-refractivity contribution < 1.29 is 0 Å². The van der Waals surface area contributed by atoms with Gasteiger partial charge in [-0.1, -0.05) is 0 Å². The Kier molecular flexibility index (Phi) is 2.49. The fourth-order valence-electron chi connectivity index (χ4n) is 1.44. The lowest BCUT2D eigenvalue weighted by atomic mass is 10.3. The Morgan fingerprint density at radius 3 is 2.86 bits per heavy atom. The van der Waals surface area contributed by atoms with E-state index in [9.17, 15) is 0 Å². The first-order valence-corrected chi connectivity index (χ1v) is 5.45. The fourth-order valence-corrected chi connectivity index (χ4v) is 2.13. The summed E-state index contributed by atoms with van der Waals surface area (Å²) in [6.45, 7) is 4.14. The first-order valence-electron chi connectivity index (χ1n) is 4.28. The number of imidazole rings is 1. The molecule has 0 aliphatic heterocycles. The van der Waals surface area contributed by atoms with Crippen molar-refractivity contribution in [2.45, 2.75) is 19.9 Å². The van der Waals surface area contributed by atoms with Crippen molar-refractivity contribution in [2.24, 2.45) is 0 Å². The Balaban J connectivity index is 2.79. The van der Waals surface area contributed by atoms with Crippen LogP contribution in [0.2, 0.25) is 5.28 Å². The van der Waals surface area contributed by atoms with E-state index in [2.05, 4.69) is 39.7 Å². The van der Waals surface area contributed by atoms with E-state index in [1.807, 2.05) is 10.6 Å². The van der Waals surface area contributed by atoms with E-state index in [1.54, 1.807) is 6.20 Å². The van der Waals surface area contributed by atoms with E-state index in [-0.39, 0.29) is 0 Å². The minimum Gasteiger partial charge on any atom is -0.312 e. The zero-order valence-corrected chi connectivity index (χ0v) is 10.2. The predicted molar refractivity (Wildman–Crippen MR) is 60.6 cm³/mol. The molecule has 0 saturated carbocycles. The zero-order chi connectivity index (χ0) is 10.3. The Morgan fingerprint density at radius 1 is 1.50 bits per heavy atom. The molecule has 0 amide bonds. The van der Waals surface area contributed by atoms with Gasteiger partial charge in [-0.2, -0.15) is 0 Å². The van der Waals surface area contributed by atoms with Crippen LogP contribution in [0.4, 0.5) is 0 Å². The van der Waals surface area contributed by atoms with Gasteiger partial charge in [0.05, 0.1) is 11.7 Å². The number of nitrogens with zero attached hydrogens (tertiary/aromatic N) is 3. The summed E-state index contributed by atoms with van der Waals surface area (Å²) in [7, 11) is 0. The fraction of sp³-hybridized carbons (Fsp3) is 0.333. The molecule has 2 aromatic heterocycles. The third-order valence-electron chi connectivity index (χ3n) is 2.02. The number of halogens is 2. The van der Waals surface area contributed by atoms with Gasteiger partial charge in [-0.3, -0.25) is 0 Å². The van der Waals surface area contributed by atoms with Crippen LogP contribution in [0, 0.1) is 0 Å². The number of rotatable bonds is 1. The Bertz CT molecular complexity index is 478. The normalized spacial score (nSPS) is 11.5. The van der Waals surface area contributed by atoms with Crippen LogP contribution in [-0.4, -0.2) is 14.5 Å². The van der Waals surface area contributed by atoms with Crippen LogP contribution in [0.25, 0.3) is 11.0 Å². The highest BCUT2D eigenvalue weighted by molar-refractivity contribution is 9.10. The van der Waals surface area contributed by atoms with Crippen molar-refractivity contribution in [1.29, 1.82) is 0 Å². The summed E-state index contributed by atoms with van der Waals surface area (Å²) in [5.74, 6) is 0. The summed E-state index contributed by atoms with van der Waals surface area (Å²) in [5.41, 5.74) is 1.83. The number of pyridine rings is 1. The van der Waals surface area contributed by atoms with Crippen LogP contribution in [-0.2, 0) is 0 Å². The molecule has 0 aliphatic carbocycles. The van der Waals surface area contributed by atoms with Crippen LogP contribution >= 0.6 is 27.5 Å². The summed E-state index contributed by atoms with van der Waals surface area (Å²) in [4.78, 5) is 8.32. The molecule has 0 bridgehead atoms. The van der Waals surface area contributed by atoms with Gasteiger partial charge in [0, 0.05) is 6.04 Å². The van der Waals surface area contributed by atoms with Crippen molar-refractivity contribution in [2.75, 3.05) is 0 Å². The van der Waals surface area contributed by atoms with Gasteiger partial charge in [0.2, 0.25) is 5.28 Å². The average molecular weight is 275 g/mol. The highest BCUT2D eigenvalue weighted by Crippen LogP contribution is 2.25. The van der Waals surface area contributed by atoms with Crippen LogP contribution in [0.15, 0.2) is 16.9 Å². The SMILES string of the molecule is CC(C)n1c(Cl)nc2cnc(Br)cc21. The third-order valence-corrected chi connectivity index (χ3v) is 2.72. The van der Waals surface area contributed by atoms with Gasteiger partial charge in [-0.15, -0.1) is 0 Å². The maximum atomic E-state index is 6.02. The van der Waals surface area contributed by atoms with E-state index in [1.165, 1.54) is 0 Å². The van der Waals surface area contributed by atoms with Crippen molar-refractivity contribution in [3.05, 3.63) is 22.1 Å². The van der Waals surface area contributed by atoms with Gasteiger partial charge in [0.15, 0.2) is 0 Å². The van der Waals surface area contributed by atoms with Gasteiger partial charge < -0.3 is 4.57 Å². The predicted octanol–water partition coefficient (Wildman–Crippen LogP) is 3.43. The number of aromatic nitrogens is 3. The number of hydrogen-bond donors (Lipinski definition) is 0. The van der Waals surface area contributed by atoms with E-state index in [0.717, 1.165) is 15.6 Å². The minimum absolute atomic E-state index is 0.293. The van der Waals surface area contributed by atoms with Crippen molar-refractivity contribution in [3.8, 4) is 0 Å². The molecule has 0 fully saturated rings. The Morgan fingerprint density at radius 2 is 2.21 bits per heavy atom. The topological polar surface area (TPSA) is 30.7 Å². The lowest BCUT2D eigenvalue weighted by Crippen LogP contribution is -2.00. The monoisotopic (exact) mass is 273 g/mol. The number of hydrogen-bond acceptors (Lipinski definition) is 2. The quantitative estimate of drug-likeness (QED) is 0.746. The Hall–Kier alpha value is -0.610. The van der Waals surface area contributed by atoms with Gasteiger partial charge in [-0.05, 0) is 47.4 Å². The van der Waals surface area contributed by atoms with Crippen LogP contribution in [0.5, 0.6) is 0 Å². The largest absolute Gasteiger partial charge is 0.312 e. The molecule has 0 radical (unpaired) electrons. The van der Waals surface area contributed by atoms with E-state index in [4.69, 9.17) is 11.6 Å². The maximum absolute atomic E-state index is 6.02. The van der Waals surface area contributed by atoms with Gasteiger partial charge in [0.25, 0.3) is 0 Å². The van der Waals surface area contributed by atoms with Crippen molar-refractivity contribution in [1.82, 2.24) is 14.5 Å². The molecular formula is C9H9BrClN3. The standard InChI is InChI=1S/C9H9BrClN3/c1-5(2)14-7-3-8(10)12-4-6(7)13-9(14)11/h3-5H,1-2H3. The molecule has 0 saturated heterocycles. The van der Waals surface area contributed by atoms with Crippen molar-refractivity contribution >= 4 is 38.6 Å². The first kappa shape index (κ1) is 9.93. The lowest BCUT2D eigenvalue weighted by molar-refractivity contribution is 0.618. The highest BCUT2D eigenvalue weighted by Gasteiger charge is 2.11. The second-order valence-corrected chi connectivity index (χ2v) is 4.49. The smallest absolute Gasteiger partial charge is 0.204 e. The third kappa shape index (κ3) is 1.53. The maximum Gasteiger partial charge on any atom is 0.204 e. The van der Waals surface area contributed by atoms with Gasteiger partial charge in [0.1, 0.15) is 10.1 Å². The Labute approximate surface area is 95.2 Å². The summed E-state index contributed by atoms with van der Waals surface area (Å²) >= 11 is 9.35. The first-order chi connectivity index (χ1) is 6.59. The van der Waals surface area contributed by atoms with Crippen LogP contribution in [0.1, 0.15) is 19.9 Å². The molecule has 0 N–H and O–H groups in total. The van der Waals surface area contributed by atoms with E-state index >= 15 is 0 Å². The van der Waals surface area contributed by atoms with Crippen LogP contribution < -0.4 is 0 Å². The summed E-state index contributed by atoms with van der Waals surface area (Å²) < 4.78 is 2.77. The molecule has 0 atom stereocenters. The average Bonchev–Trinajstić information content (AvgIpc) is 2.40. The highest BCUT2D eigenvalue weighted by atomic mass is 79.9.